The van der Waals surface area contributed by atoms with Gasteiger partial charge in [0.1, 0.15) is 0 Å². The van der Waals surface area contributed by atoms with Gasteiger partial charge in [-0.25, -0.2) is 0 Å². The number of nitrogens with one attached hydrogen (secondary N) is 1. The molecule has 0 aromatic heterocycles. The van der Waals surface area contributed by atoms with E-state index in [0.29, 0.717) is 13.1 Å². The summed E-state index contributed by atoms with van der Waals surface area (Å²) in [5, 5.41) is 12.0. The average Bonchev–Trinajstić information content (AvgIpc) is 2.26. The Morgan fingerprint density at radius 2 is 2.43 bits per heavy atom. The minimum atomic E-state index is 0.0553. The second kappa shape index (κ2) is 5.98. The largest absolute Gasteiger partial charge is 0.395 e. The first-order valence-electron chi connectivity index (χ1n) is 5.40. The van der Waals surface area contributed by atoms with Crippen LogP contribution in [0.1, 0.15) is 19.8 Å². The third kappa shape index (κ3) is 2.96. The lowest BCUT2D eigenvalue weighted by molar-refractivity contribution is -0.136. The molecule has 4 nitrogen and oxygen atoms in total. The molecule has 1 rings (SSSR count). The van der Waals surface area contributed by atoms with Crippen molar-refractivity contribution in [1.82, 2.24) is 10.2 Å². The molecular formula is C10H20N2O2. The first-order valence-corrected chi connectivity index (χ1v) is 5.40. The van der Waals surface area contributed by atoms with Gasteiger partial charge in [-0.05, 0) is 26.3 Å². The van der Waals surface area contributed by atoms with Crippen molar-refractivity contribution in [3.05, 3.63) is 0 Å². The summed E-state index contributed by atoms with van der Waals surface area (Å²) in [7, 11) is 0. The molecule has 1 saturated heterocycles. The SMILES string of the molecule is CCN(CCO)C(=O)C1CCCNC1. The van der Waals surface area contributed by atoms with E-state index < -0.39 is 0 Å². The van der Waals surface area contributed by atoms with Crippen molar-refractivity contribution in [2.75, 3.05) is 32.8 Å². The van der Waals surface area contributed by atoms with E-state index >= 15 is 0 Å². The lowest BCUT2D eigenvalue weighted by atomic mass is 9.98. The van der Waals surface area contributed by atoms with Crippen LogP contribution < -0.4 is 5.32 Å². The van der Waals surface area contributed by atoms with Crippen LogP contribution in [0, 0.1) is 5.92 Å². The molecule has 1 unspecified atom stereocenters. The Morgan fingerprint density at radius 3 is 2.93 bits per heavy atom. The van der Waals surface area contributed by atoms with Gasteiger partial charge in [-0.15, -0.1) is 0 Å². The molecule has 82 valence electrons. The van der Waals surface area contributed by atoms with Crippen LogP contribution in [0.2, 0.25) is 0 Å². The Kier molecular flexibility index (Phi) is 4.90. The molecule has 0 saturated carbocycles. The second-order valence-corrected chi connectivity index (χ2v) is 3.68. The summed E-state index contributed by atoms with van der Waals surface area (Å²) >= 11 is 0. The van der Waals surface area contributed by atoms with Crippen molar-refractivity contribution in [2.45, 2.75) is 19.8 Å². The highest BCUT2D eigenvalue weighted by Crippen LogP contribution is 2.12. The van der Waals surface area contributed by atoms with Crippen LogP contribution in [0.5, 0.6) is 0 Å². The zero-order valence-corrected chi connectivity index (χ0v) is 8.83. The molecule has 1 aliphatic rings. The molecule has 2 N–H and O–H groups in total. The highest BCUT2D eigenvalue weighted by molar-refractivity contribution is 5.79. The van der Waals surface area contributed by atoms with E-state index in [1.54, 1.807) is 4.90 Å². The summed E-state index contributed by atoms with van der Waals surface area (Å²) in [6, 6.07) is 0. The average molecular weight is 200 g/mol. The summed E-state index contributed by atoms with van der Waals surface area (Å²) < 4.78 is 0. The van der Waals surface area contributed by atoms with E-state index in [4.69, 9.17) is 5.11 Å². The number of likely N-dealkylation sites (N-methyl/N-ethyl adjacent to an activating group) is 1. The number of aliphatic hydroxyl groups is 1. The van der Waals surface area contributed by atoms with Crippen molar-refractivity contribution in [3.63, 3.8) is 0 Å². The fourth-order valence-electron chi connectivity index (χ4n) is 1.87. The smallest absolute Gasteiger partial charge is 0.227 e. The Morgan fingerprint density at radius 1 is 1.64 bits per heavy atom. The van der Waals surface area contributed by atoms with Crippen LogP contribution in [0.4, 0.5) is 0 Å². The van der Waals surface area contributed by atoms with Crippen LogP contribution in [0.3, 0.4) is 0 Å². The number of hydrogen-bond acceptors (Lipinski definition) is 3. The van der Waals surface area contributed by atoms with E-state index in [-0.39, 0.29) is 18.4 Å². The van der Waals surface area contributed by atoms with Gasteiger partial charge in [0.15, 0.2) is 0 Å². The predicted molar refractivity (Wildman–Crippen MR) is 54.9 cm³/mol. The molecule has 1 aliphatic heterocycles. The Balaban J connectivity index is 2.43. The van der Waals surface area contributed by atoms with Gasteiger partial charge >= 0.3 is 0 Å². The second-order valence-electron chi connectivity index (χ2n) is 3.68. The van der Waals surface area contributed by atoms with Crippen LogP contribution in [-0.4, -0.2) is 48.7 Å². The minimum absolute atomic E-state index is 0.0553. The summed E-state index contributed by atoms with van der Waals surface area (Å²) in [5.41, 5.74) is 0. The molecule has 0 aromatic rings. The maximum atomic E-state index is 11.9. The molecule has 0 spiro atoms. The standard InChI is InChI=1S/C10H20N2O2/c1-2-12(6-7-13)10(14)9-4-3-5-11-8-9/h9,11,13H,2-8H2,1H3. The topological polar surface area (TPSA) is 52.6 Å². The van der Waals surface area contributed by atoms with Crippen molar-refractivity contribution in [1.29, 1.82) is 0 Å². The molecule has 0 radical (unpaired) electrons. The lowest BCUT2D eigenvalue weighted by Crippen LogP contribution is -2.43. The van der Waals surface area contributed by atoms with Gasteiger partial charge in [0, 0.05) is 19.6 Å². The third-order valence-electron chi connectivity index (χ3n) is 2.71. The number of aliphatic hydroxyl groups excluding tert-OH is 1. The number of carbonyl (C=O) groups excluding carboxylic acids is 1. The van der Waals surface area contributed by atoms with Crippen molar-refractivity contribution >= 4 is 5.91 Å². The summed E-state index contributed by atoms with van der Waals surface area (Å²) in [6.45, 7) is 4.97. The van der Waals surface area contributed by atoms with Crippen LogP contribution in [0.15, 0.2) is 0 Å². The number of carbonyl (C=O) groups is 1. The maximum absolute atomic E-state index is 11.9. The monoisotopic (exact) mass is 200 g/mol. The molecule has 0 aliphatic carbocycles. The normalized spacial score (nSPS) is 22.0. The van der Waals surface area contributed by atoms with Crippen LogP contribution >= 0.6 is 0 Å². The van der Waals surface area contributed by atoms with Gasteiger partial charge in [0.2, 0.25) is 5.91 Å². The quantitative estimate of drug-likeness (QED) is 0.662. The van der Waals surface area contributed by atoms with E-state index in [1.165, 1.54) is 0 Å². The number of rotatable bonds is 4. The minimum Gasteiger partial charge on any atom is -0.395 e. The lowest BCUT2D eigenvalue weighted by Gasteiger charge is -2.28. The molecular weight excluding hydrogens is 180 g/mol. The molecule has 1 amide bonds. The molecule has 4 heteroatoms. The Labute approximate surface area is 85.3 Å². The molecule has 1 heterocycles. The number of hydrogen-bond donors (Lipinski definition) is 2. The van der Waals surface area contributed by atoms with Crippen LogP contribution in [0.25, 0.3) is 0 Å². The van der Waals surface area contributed by atoms with Crippen molar-refractivity contribution in [3.8, 4) is 0 Å². The van der Waals surface area contributed by atoms with Gasteiger partial charge in [-0.3, -0.25) is 4.79 Å². The van der Waals surface area contributed by atoms with Crippen molar-refractivity contribution in [2.24, 2.45) is 5.92 Å². The Bertz CT molecular complexity index is 172. The van der Waals surface area contributed by atoms with Gasteiger partial charge in [-0.2, -0.15) is 0 Å². The van der Waals surface area contributed by atoms with Gasteiger partial charge in [-0.1, -0.05) is 0 Å². The molecule has 0 aromatic carbocycles. The predicted octanol–water partition coefficient (Wildman–Crippen LogP) is -0.173. The van der Waals surface area contributed by atoms with E-state index in [9.17, 15) is 4.79 Å². The number of piperidine rings is 1. The number of amides is 1. The maximum Gasteiger partial charge on any atom is 0.227 e. The molecule has 1 fully saturated rings. The van der Waals surface area contributed by atoms with Gasteiger partial charge < -0.3 is 15.3 Å². The number of nitrogens with zero attached hydrogens (tertiary/aromatic N) is 1. The summed E-state index contributed by atoms with van der Waals surface area (Å²) in [6.07, 6.45) is 2.06. The highest BCUT2D eigenvalue weighted by atomic mass is 16.3. The first-order chi connectivity index (χ1) is 6.79. The van der Waals surface area contributed by atoms with Crippen LogP contribution in [-0.2, 0) is 4.79 Å². The summed E-state index contributed by atoms with van der Waals surface area (Å²) in [4.78, 5) is 13.6. The highest BCUT2D eigenvalue weighted by Gasteiger charge is 2.24. The molecule has 1 atom stereocenters. The molecule has 14 heavy (non-hydrogen) atoms. The zero-order valence-electron chi connectivity index (χ0n) is 8.83. The zero-order chi connectivity index (χ0) is 10.4. The van der Waals surface area contributed by atoms with Crippen molar-refractivity contribution < 1.29 is 9.90 Å². The van der Waals surface area contributed by atoms with E-state index in [1.807, 2.05) is 6.92 Å². The van der Waals surface area contributed by atoms with E-state index in [0.717, 1.165) is 25.9 Å². The van der Waals surface area contributed by atoms with Gasteiger partial charge in [0.25, 0.3) is 0 Å². The summed E-state index contributed by atoms with van der Waals surface area (Å²) in [5.74, 6) is 0.309. The fourth-order valence-corrected chi connectivity index (χ4v) is 1.87. The first kappa shape index (κ1) is 11.5. The van der Waals surface area contributed by atoms with E-state index in [2.05, 4.69) is 5.32 Å². The molecule has 0 bridgehead atoms. The fraction of sp³-hybridized carbons (Fsp3) is 0.900. The Hall–Kier alpha value is -0.610. The third-order valence-corrected chi connectivity index (χ3v) is 2.71. The van der Waals surface area contributed by atoms with Gasteiger partial charge in [0.05, 0.1) is 12.5 Å².